The van der Waals surface area contributed by atoms with Crippen LogP contribution in [0.2, 0.25) is 0 Å². The van der Waals surface area contributed by atoms with E-state index in [1.165, 1.54) is 6.33 Å². The summed E-state index contributed by atoms with van der Waals surface area (Å²) in [6.45, 7) is 0.472. The van der Waals surface area contributed by atoms with E-state index in [4.69, 9.17) is 5.73 Å². The molecule has 5 nitrogen and oxygen atoms in total. The number of nitrogens with zero attached hydrogens (tertiary/aromatic N) is 3. The van der Waals surface area contributed by atoms with Gasteiger partial charge in [-0.1, -0.05) is 12.1 Å². The summed E-state index contributed by atoms with van der Waals surface area (Å²) in [5.74, 6) is 0.160. The number of anilines is 1. The summed E-state index contributed by atoms with van der Waals surface area (Å²) in [7, 11) is 1.80. The maximum Gasteiger partial charge on any atom is 0.231 e. The Bertz CT molecular complexity index is 642. The number of amides is 1. The average molecular weight is 268 g/mol. The first-order chi connectivity index (χ1) is 9.70. The molecule has 3 rings (SSSR count). The predicted molar refractivity (Wildman–Crippen MR) is 76.5 cm³/mol. The summed E-state index contributed by atoms with van der Waals surface area (Å²) in [5.41, 5.74) is 9.93. The first-order valence-electron chi connectivity index (χ1n) is 6.56. The van der Waals surface area contributed by atoms with Gasteiger partial charge in [-0.3, -0.25) is 4.79 Å². The van der Waals surface area contributed by atoms with Gasteiger partial charge in [-0.2, -0.15) is 0 Å². The maximum atomic E-state index is 11.7. The van der Waals surface area contributed by atoms with E-state index in [-0.39, 0.29) is 11.8 Å². The van der Waals surface area contributed by atoms with E-state index in [9.17, 15) is 4.79 Å². The summed E-state index contributed by atoms with van der Waals surface area (Å²) in [5, 5.41) is 0. The van der Waals surface area contributed by atoms with Gasteiger partial charge in [0.15, 0.2) is 0 Å². The van der Waals surface area contributed by atoms with Crippen molar-refractivity contribution in [2.75, 3.05) is 18.5 Å². The first-order valence-corrected chi connectivity index (χ1v) is 6.56. The van der Waals surface area contributed by atoms with Crippen LogP contribution in [0.1, 0.15) is 22.7 Å². The van der Waals surface area contributed by atoms with Crippen LogP contribution in [0.15, 0.2) is 36.8 Å². The van der Waals surface area contributed by atoms with Gasteiger partial charge in [-0.25, -0.2) is 9.97 Å². The molecule has 20 heavy (non-hydrogen) atoms. The van der Waals surface area contributed by atoms with E-state index in [0.29, 0.717) is 13.0 Å². The van der Waals surface area contributed by atoms with Gasteiger partial charge in [0, 0.05) is 31.4 Å². The van der Waals surface area contributed by atoms with Gasteiger partial charge in [0.2, 0.25) is 5.91 Å². The van der Waals surface area contributed by atoms with Crippen LogP contribution in [0.25, 0.3) is 0 Å². The highest BCUT2D eigenvalue weighted by Crippen LogP contribution is 2.31. The van der Waals surface area contributed by atoms with Crippen molar-refractivity contribution >= 4 is 11.6 Å². The second-order valence-corrected chi connectivity index (χ2v) is 4.94. The minimum atomic E-state index is 0.0318. The van der Waals surface area contributed by atoms with E-state index in [1.807, 2.05) is 18.2 Å². The third-order valence-corrected chi connectivity index (χ3v) is 3.78. The largest absolute Gasteiger partial charge is 0.329 e. The highest BCUT2D eigenvalue weighted by atomic mass is 16.2. The Kier molecular flexibility index (Phi) is 3.20. The molecule has 1 aromatic carbocycles. The molecule has 1 aliphatic rings. The van der Waals surface area contributed by atoms with Crippen molar-refractivity contribution in [2.45, 2.75) is 12.3 Å². The standard InChI is InChI=1S/C15H16N4O/c1-19-14-3-2-10(6-11(14)7-15(19)20)12(8-16)13-4-5-17-9-18-13/h2-6,9,12H,7-8,16H2,1H3. The summed E-state index contributed by atoms with van der Waals surface area (Å²) >= 11 is 0. The van der Waals surface area contributed by atoms with Crippen molar-refractivity contribution in [1.82, 2.24) is 9.97 Å². The van der Waals surface area contributed by atoms with Crippen molar-refractivity contribution in [3.63, 3.8) is 0 Å². The van der Waals surface area contributed by atoms with Crippen LogP contribution in [0, 0.1) is 0 Å². The molecule has 1 amide bonds. The minimum Gasteiger partial charge on any atom is -0.329 e. The van der Waals surface area contributed by atoms with Gasteiger partial charge < -0.3 is 10.6 Å². The molecule has 2 aromatic rings. The van der Waals surface area contributed by atoms with Gasteiger partial charge in [0.05, 0.1) is 12.1 Å². The molecule has 0 saturated carbocycles. The zero-order valence-electron chi connectivity index (χ0n) is 11.3. The Hall–Kier alpha value is -2.27. The van der Waals surface area contributed by atoms with E-state index in [1.54, 1.807) is 18.1 Å². The number of benzene rings is 1. The fourth-order valence-electron chi connectivity index (χ4n) is 2.64. The zero-order valence-corrected chi connectivity index (χ0v) is 11.3. The van der Waals surface area contributed by atoms with Crippen LogP contribution in [-0.4, -0.2) is 29.5 Å². The smallest absolute Gasteiger partial charge is 0.231 e. The molecule has 0 saturated heterocycles. The van der Waals surface area contributed by atoms with Crippen LogP contribution in [-0.2, 0) is 11.2 Å². The second-order valence-electron chi connectivity index (χ2n) is 4.94. The lowest BCUT2D eigenvalue weighted by Crippen LogP contribution is -2.20. The minimum absolute atomic E-state index is 0.0318. The van der Waals surface area contributed by atoms with Gasteiger partial charge in [0.25, 0.3) is 0 Å². The van der Waals surface area contributed by atoms with Gasteiger partial charge in [-0.15, -0.1) is 0 Å². The molecule has 0 bridgehead atoms. The molecule has 1 aromatic heterocycles. The van der Waals surface area contributed by atoms with Gasteiger partial charge in [-0.05, 0) is 23.3 Å². The number of hydrogen-bond donors (Lipinski definition) is 1. The summed E-state index contributed by atoms with van der Waals surface area (Å²) < 4.78 is 0. The average Bonchev–Trinajstić information content (AvgIpc) is 2.76. The van der Waals surface area contributed by atoms with Crippen LogP contribution in [0.4, 0.5) is 5.69 Å². The third kappa shape index (κ3) is 2.06. The highest BCUT2D eigenvalue weighted by molar-refractivity contribution is 6.00. The van der Waals surface area contributed by atoms with Crippen molar-refractivity contribution in [2.24, 2.45) is 5.73 Å². The number of nitrogens with two attached hydrogens (primary N) is 1. The van der Waals surface area contributed by atoms with Crippen LogP contribution in [0.5, 0.6) is 0 Å². The van der Waals surface area contributed by atoms with E-state index >= 15 is 0 Å². The molecule has 2 N–H and O–H groups in total. The Balaban J connectivity index is 1.99. The Labute approximate surface area is 117 Å². The molecular formula is C15H16N4O. The summed E-state index contributed by atoms with van der Waals surface area (Å²) in [6.07, 6.45) is 3.71. The SMILES string of the molecule is CN1C(=O)Cc2cc(C(CN)c3ccncn3)ccc21. The topological polar surface area (TPSA) is 72.1 Å². The van der Waals surface area contributed by atoms with Gasteiger partial charge >= 0.3 is 0 Å². The number of hydrogen-bond acceptors (Lipinski definition) is 4. The van der Waals surface area contributed by atoms with E-state index < -0.39 is 0 Å². The van der Waals surface area contributed by atoms with Crippen LogP contribution < -0.4 is 10.6 Å². The van der Waals surface area contributed by atoms with Crippen molar-refractivity contribution in [1.29, 1.82) is 0 Å². The number of carbonyl (C=O) groups excluding carboxylic acids is 1. The lowest BCUT2D eigenvalue weighted by molar-refractivity contribution is -0.117. The highest BCUT2D eigenvalue weighted by Gasteiger charge is 2.25. The molecule has 1 unspecified atom stereocenters. The predicted octanol–water partition coefficient (Wildman–Crippen LogP) is 1.09. The quantitative estimate of drug-likeness (QED) is 0.904. The fraction of sp³-hybridized carbons (Fsp3) is 0.267. The molecular weight excluding hydrogens is 252 g/mol. The molecule has 0 fully saturated rings. The monoisotopic (exact) mass is 268 g/mol. The van der Waals surface area contributed by atoms with E-state index in [2.05, 4.69) is 16.0 Å². The number of carbonyl (C=O) groups is 1. The summed E-state index contributed by atoms with van der Waals surface area (Å²) in [6, 6.07) is 7.95. The molecule has 1 aliphatic heterocycles. The van der Waals surface area contributed by atoms with E-state index in [0.717, 1.165) is 22.5 Å². The molecule has 0 radical (unpaired) electrons. The number of rotatable bonds is 3. The molecule has 5 heteroatoms. The maximum absolute atomic E-state index is 11.7. The lowest BCUT2D eigenvalue weighted by Gasteiger charge is -2.16. The third-order valence-electron chi connectivity index (χ3n) is 3.78. The van der Waals surface area contributed by atoms with Crippen LogP contribution >= 0.6 is 0 Å². The molecule has 1 atom stereocenters. The zero-order chi connectivity index (χ0) is 14.1. The number of fused-ring (bicyclic) bond motifs is 1. The molecule has 0 spiro atoms. The normalized spacial score (nSPS) is 15.3. The Morgan fingerprint density at radius 1 is 1.40 bits per heavy atom. The fourth-order valence-corrected chi connectivity index (χ4v) is 2.64. The summed E-state index contributed by atoms with van der Waals surface area (Å²) in [4.78, 5) is 21.6. The van der Waals surface area contributed by atoms with Crippen molar-refractivity contribution in [3.8, 4) is 0 Å². The second kappa shape index (κ2) is 5.02. The Morgan fingerprint density at radius 3 is 2.95 bits per heavy atom. The van der Waals surface area contributed by atoms with Crippen molar-refractivity contribution < 1.29 is 4.79 Å². The van der Waals surface area contributed by atoms with Crippen LogP contribution in [0.3, 0.4) is 0 Å². The molecule has 2 heterocycles. The molecule has 102 valence electrons. The lowest BCUT2D eigenvalue weighted by atomic mass is 9.93. The number of likely N-dealkylation sites (N-methyl/N-ethyl adjacent to an activating group) is 1. The number of aromatic nitrogens is 2. The molecule has 0 aliphatic carbocycles. The van der Waals surface area contributed by atoms with Gasteiger partial charge in [0.1, 0.15) is 6.33 Å². The Morgan fingerprint density at radius 2 is 2.25 bits per heavy atom. The first kappa shape index (κ1) is 12.7. The van der Waals surface area contributed by atoms with Crippen molar-refractivity contribution in [3.05, 3.63) is 53.6 Å².